The van der Waals surface area contributed by atoms with Crippen LogP contribution >= 0.6 is 11.6 Å². The van der Waals surface area contributed by atoms with Crippen LogP contribution in [0.2, 0.25) is 5.02 Å². The Bertz CT molecular complexity index is 567. The molecule has 1 heterocycles. The topological polar surface area (TPSA) is 34.1 Å². The molecule has 1 aromatic carbocycles. The number of nitrogens with zero attached hydrogens (tertiary/aromatic N) is 1. The first kappa shape index (κ1) is 14.8. The lowest BCUT2D eigenvalue weighted by molar-refractivity contribution is 0.458. The van der Waals surface area contributed by atoms with Crippen molar-refractivity contribution in [1.82, 2.24) is 10.3 Å². The zero-order valence-electron chi connectivity index (χ0n) is 12.0. The summed E-state index contributed by atoms with van der Waals surface area (Å²) < 4.78 is 5.75. The van der Waals surface area contributed by atoms with Crippen LogP contribution in [0.3, 0.4) is 0 Å². The van der Waals surface area contributed by atoms with Crippen molar-refractivity contribution in [3.63, 3.8) is 0 Å². The predicted octanol–water partition coefficient (Wildman–Crippen LogP) is 4.33. The van der Waals surface area contributed by atoms with Gasteiger partial charge in [-0.25, -0.2) is 4.98 Å². The van der Waals surface area contributed by atoms with Crippen molar-refractivity contribution in [1.29, 1.82) is 0 Å². The maximum atomic E-state index is 5.92. The Hall–Kier alpha value is -1.58. The molecule has 1 aromatic heterocycles. The van der Waals surface area contributed by atoms with Crippen molar-refractivity contribution >= 4 is 11.6 Å². The van der Waals surface area contributed by atoms with E-state index in [0.717, 1.165) is 23.4 Å². The van der Waals surface area contributed by atoms with Crippen molar-refractivity contribution in [2.45, 2.75) is 33.4 Å². The number of aryl methyl sites for hydroxylation is 1. The maximum Gasteiger partial charge on any atom is 0.219 e. The Kier molecular flexibility index (Phi) is 4.99. The lowest BCUT2D eigenvalue weighted by Crippen LogP contribution is -2.21. The van der Waals surface area contributed by atoms with Crippen LogP contribution in [0.15, 0.2) is 36.5 Å². The third kappa shape index (κ3) is 4.22. The van der Waals surface area contributed by atoms with E-state index in [-0.39, 0.29) is 0 Å². The van der Waals surface area contributed by atoms with E-state index in [1.165, 1.54) is 0 Å². The summed E-state index contributed by atoms with van der Waals surface area (Å²) in [5, 5.41) is 4.06. The number of aromatic nitrogens is 1. The SMILES string of the molecule is Cc1cc(Cl)ccc1Oc1ccc(CNC(C)C)cn1. The molecular weight excluding hydrogens is 272 g/mol. The molecule has 0 radical (unpaired) electrons. The first-order valence-corrected chi connectivity index (χ1v) is 7.04. The number of ether oxygens (including phenoxy) is 1. The van der Waals surface area contributed by atoms with Gasteiger partial charge >= 0.3 is 0 Å². The fourth-order valence-electron chi connectivity index (χ4n) is 1.74. The molecule has 106 valence electrons. The predicted molar refractivity (Wildman–Crippen MR) is 82.5 cm³/mol. The van der Waals surface area contributed by atoms with Gasteiger partial charge in [0.05, 0.1) is 0 Å². The van der Waals surface area contributed by atoms with E-state index in [1.54, 1.807) is 0 Å². The Morgan fingerprint density at radius 1 is 1.25 bits per heavy atom. The average molecular weight is 291 g/mol. The number of halogens is 1. The molecular formula is C16H19ClN2O. The van der Waals surface area contributed by atoms with Gasteiger partial charge in [0.25, 0.3) is 0 Å². The van der Waals surface area contributed by atoms with Crippen LogP contribution in [0.25, 0.3) is 0 Å². The van der Waals surface area contributed by atoms with Gasteiger partial charge < -0.3 is 10.1 Å². The molecule has 0 spiro atoms. The molecule has 0 amide bonds. The van der Waals surface area contributed by atoms with Crippen molar-refractivity contribution in [3.8, 4) is 11.6 Å². The van der Waals surface area contributed by atoms with Crippen LogP contribution in [0, 0.1) is 6.92 Å². The molecule has 0 aliphatic carbocycles. The lowest BCUT2D eigenvalue weighted by Gasteiger charge is -2.10. The van der Waals surface area contributed by atoms with E-state index >= 15 is 0 Å². The number of rotatable bonds is 5. The summed E-state index contributed by atoms with van der Waals surface area (Å²) in [7, 11) is 0. The van der Waals surface area contributed by atoms with Gasteiger partial charge in [0.15, 0.2) is 0 Å². The Balaban J connectivity index is 2.03. The van der Waals surface area contributed by atoms with E-state index in [1.807, 2.05) is 43.5 Å². The van der Waals surface area contributed by atoms with Crippen molar-refractivity contribution < 1.29 is 4.74 Å². The number of hydrogen-bond acceptors (Lipinski definition) is 3. The van der Waals surface area contributed by atoms with E-state index in [4.69, 9.17) is 16.3 Å². The van der Waals surface area contributed by atoms with Gasteiger partial charge in [0.2, 0.25) is 5.88 Å². The molecule has 2 aromatic rings. The molecule has 0 aliphatic rings. The van der Waals surface area contributed by atoms with E-state index in [0.29, 0.717) is 16.9 Å². The first-order chi connectivity index (χ1) is 9.54. The monoisotopic (exact) mass is 290 g/mol. The lowest BCUT2D eigenvalue weighted by atomic mass is 10.2. The van der Waals surface area contributed by atoms with Crippen LogP contribution in [-0.4, -0.2) is 11.0 Å². The quantitative estimate of drug-likeness (QED) is 0.890. The highest BCUT2D eigenvalue weighted by molar-refractivity contribution is 6.30. The van der Waals surface area contributed by atoms with E-state index in [9.17, 15) is 0 Å². The Morgan fingerprint density at radius 3 is 2.65 bits per heavy atom. The average Bonchev–Trinajstić information content (AvgIpc) is 2.41. The molecule has 0 aliphatic heterocycles. The molecule has 0 saturated heterocycles. The van der Waals surface area contributed by atoms with Gasteiger partial charge in [0, 0.05) is 29.9 Å². The zero-order valence-corrected chi connectivity index (χ0v) is 12.7. The molecule has 4 heteroatoms. The fourth-order valence-corrected chi connectivity index (χ4v) is 1.96. The molecule has 0 unspecified atom stereocenters. The van der Waals surface area contributed by atoms with E-state index in [2.05, 4.69) is 24.1 Å². The maximum absolute atomic E-state index is 5.92. The number of nitrogens with one attached hydrogen (secondary N) is 1. The van der Waals surface area contributed by atoms with Crippen LogP contribution < -0.4 is 10.1 Å². The summed E-state index contributed by atoms with van der Waals surface area (Å²) in [5.74, 6) is 1.36. The van der Waals surface area contributed by atoms with Gasteiger partial charge in [-0.3, -0.25) is 0 Å². The summed E-state index contributed by atoms with van der Waals surface area (Å²) in [5.41, 5.74) is 2.13. The fraction of sp³-hybridized carbons (Fsp3) is 0.312. The van der Waals surface area contributed by atoms with Crippen LogP contribution in [0.5, 0.6) is 11.6 Å². The smallest absolute Gasteiger partial charge is 0.219 e. The minimum absolute atomic E-state index is 0.461. The van der Waals surface area contributed by atoms with Crippen LogP contribution in [-0.2, 0) is 6.54 Å². The summed E-state index contributed by atoms with van der Waals surface area (Å²) in [4.78, 5) is 4.32. The van der Waals surface area contributed by atoms with E-state index < -0.39 is 0 Å². The molecule has 0 bridgehead atoms. The summed E-state index contributed by atoms with van der Waals surface area (Å²) in [6.07, 6.45) is 1.83. The minimum Gasteiger partial charge on any atom is -0.439 e. The molecule has 0 saturated carbocycles. The highest BCUT2D eigenvalue weighted by Gasteiger charge is 2.03. The Morgan fingerprint density at radius 2 is 2.05 bits per heavy atom. The first-order valence-electron chi connectivity index (χ1n) is 6.67. The number of hydrogen-bond donors (Lipinski definition) is 1. The molecule has 20 heavy (non-hydrogen) atoms. The highest BCUT2D eigenvalue weighted by Crippen LogP contribution is 2.26. The van der Waals surface area contributed by atoms with Gasteiger partial charge in [-0.1, -0.05) is 31.5 Å². The molecule has 1 N–H and O–H groups in total. The number of pyridine rings is 1. The second kappa shape index (κ2) is 6.73. The summed E-state index contributed by atoms with van der Waals surface area (Å²) in [6, 6.07) is 9.90. The highest BCUT2D eigenvalue weighted by atomic mass is 35.5. The largest absolute Gasteiger partial charge is 0.439 e. The van der Waals surface area contributed by atoms with Gasteiger partial charge in [-0.2, -0.15) is 0 Å². The van der Waals surface area contributed by atoms with Gasteiger partial charge in [0.1, 0.15) is 5.75 Å². The molecule has 0 fully saturated rings. The van der Waals surface area contributed by atoms with Gasteiger partial charge in [-0.05, 0) is 36.2 Å². The minimum atomic E-state index is 0.461. The standard InChI is InChI=1S/C16H19ClN2O/c1-11(2)18-9-13-4-7-16(19-10-13)20-15-6-5-14(17)8-12(15)3/h4-8,10-11,18H,9H2,1-3H3. The third-order valence-electron chi connectivity index (χ3n) is 2.86. The van der Waals surface area contributed by atoms with Crippen LogP contribution in [0.4, 0.5) is 0 Å². The summed E-state index contributed by atoms with van der Waals surface area (Å²) >= 11 is 5.92. The van der Waals surface area contributed by atoms with Gasteiger partial charge in [-0.15, -0.1) is 0 Å². The third-order valence-corrected chi connectivity index (χ3v) is 3.10. The van der Waals surface area contributed by atoms with Crippen molar-refractivity contribution in [2.75, 3.05) is 0 Å². The molecule has 3 nitrogen and oxygen atoms in total. The zero-order chi connectivity index (χ0) is 14.5. The summed E-state index contributed by atoms with van der Waals surface area (Å²) in [6.45, 7) is 7.01. The van der Waals surface area contributed by atoms with Crippen LogP contribution in [0.1, 0.15) is 25.0 Å². The number of benzene rings is 1. The van der Waals surface area contributed by atoms with Crippen molar-refractivity contribution in [3.05, 3.63) is 52.7 Å². The normalized spacial score (nSPS) is 10.8. The van der Waals surface area contributed by atoms with Crippen molar-refractivity contribution in [2.24, 2.45) is 0 Å². The molecule has 2 rings (SSSR count). The Labute approximate surface area is 124 Å². The molecule has 0 atom stereocenters. The second-order valence-electron chi connectivity index (χ2n) is 5.05. The second-order valence-corrected chi connectivity index (χ2v) is 5.49.